The third-order valence-electron chi connectivity index (χ3n) is 7.01. The van der Waals surface area contributed by atoms with Crippen molar-refractivity contribution in [1.82, 2.24) is 15.1 Å². The minimum Gasteiger partial charge on any atom is -0.379 e. The van der Waals surface area contributed by atoms with Gasteiger partial charge < -0.3 is 15.0 Å². The molecule has 2 atom stereocenters. The lowest BCUT2D eigenvalue weighted by Gasteiger charge is -2.45. The summed E-state index contributed by atoms with van der Waals surface area (Å²) in [5.74, 6) is 1.39. The number of nitrogens with one attached hydrogen (secondary N) is 1. The summed E-state index contributed by atoms with van der Waals surface area (Å²) >= 11 is 0. The zero-order valence-electron chi connectivity index (χ0n) is 19.8. The second-order valence-electron chi connectivity index (χ2n) is 9.87. The Morgan fingerprint density at radius 1 is 1.09 bits per heavy atom. The van der Waals surface area contributed by atoms with Crippen LogP contribution in [0.2, 0.25) is 0 Å². The summed E-state index contributed by atoms with van der Waals surface area (Å²) in [4.78, 5) is 18.0. The van der Waals surface area contributed by atoms with E-state index in [0.29, 0.717) is 30.8 Å². The molecule has 0 radical (unpaired) electrons. The molecule has 2 heterocycles. The van der Waals surface area contributed by atoms with Crippen LogP contribution in [0.25, 0.3) is 10.8 Å². The number of hydrogen-bond donors (Lipinski definition) is 1. The Bertz CT molecular complexity index is 873. The largest absolute Gasteiger partial charge is 0.379 e. The molecule has 2 aromatic rings. The lowest BCUT2D eigenvalue weighted by Crippen LogP contribution is -2.54. The van der Waals surface area contributed by atoms with E-state index in [1.165, 1.54) is 29.3 Å². The summed E-state index contributed by atoms with van der Waals surface area (Å²) in [6, 6.07) is 15.3. The highest BCUT2D eigenvalue weighted by molar-refractivity contribution is 5.86. The minimum atomic E-state index is 0.166. The fraction of sp³-hybridized carbons (Fsp3) is 0.593. The van der Waals surface area contributed by atoms with Crippen LogP contribution in [0.4, 0.5) is 0 Å². The molecule has 2 aliphatic rings. The van der Waals surface area contributed by atoms with E-state index in [-0.39, 0.29) is 5.91 Å². The number of benzene rings is 2. The summed E-state index contributed by atoms with van der Waals surface area (Å²) in [7, 11) is 0. The van der Waals surface area contributed by atoms with Crippen LogP contribution in [0.5, 0.6) is 0 Å². The zero-order chi connectivity index (χ0) is 22.3. The van der Waals surface area contributed by atoms with Gasteiger partial charge in [-0.2, -0.15) is 0 Å². The molecule has 0 spiro atoms. The van der Waals surface area contributed by atoms with E-state index in [9.17, 15) is 4.79 Å². The Labute approximate surface area is 193 Å². The number of hydrogen-bond acceptors (Lipinski definition) is 4. The molecule has 1 amide bonds. The van der Waals surface area contributed by atoms with Crippen molar-refractivity contribution in [2.75, 3.05) is 45.9 Å². The molecule has 2 fully saturated rings. The Kier molecular flexibility index (Phi) is 8.17. The summed E-state index contributed by atoms with van der Waals surface area (Å²) in [6.07, 6.45) is 2.76. The molecule has 0 aliphatic carbocycles. The van der Waals surface area contributed by atoms with Crippen LogP contribution in [-0.2, 0) is 16.1 Å². The van der Waals surface area contributed by atoms with E-state index in [1.54, 1.807) is 0 Å². The van der Waals surface area contributed by atoms with Crippen molar-refractivity contribution in [3.8, 4) is 0 Å². The molecule has 32 heavy (non-hydrogen) atoms. The SMILES string of the molecule is CC(C)CN1CC[C@@H](N2CCOCC2)[C@@H](CCC(=O)NCc2cccc3ccccc23)C1. The maximum absolute atomic E-state index is 12.8. The number of carbonyl (C=O) groups excluding carboxylic acids is 1. The van der Waals surface area contributed by atoms with E-state index in [2.05, 4.69) is 71.4 Å². The van der Waals surface area contributed by atoms with Crippen LogP contribution in [0.1, 0.15) is 38.7 Å². The monoisotopic (exact) mass is 437 g/mol. The van der Waals surface area contributed by atoms with Gasteiger partial charge in [-0.1, -0.05) is 56.3 Å². The minimum absolute atomic E-state index is 0.166. The predicted octanol–water partition coefficient (Wildman–Crippen LogP) is 3.91. The van der Waals surface area contributed by atoms with Gasteiger partial charge >= 0.3 is 0 Å². The van der Waals surface area contributed by atoms with Crippen LogP contribution in [0.3, 0.4) is 0 Å². The second kappa shape index (κ2) is 11.3. The van der Waals surface area contributed by atoms with Crippen LogP contribution in [-0.4, -0.2) is 67.7 Å². The Morgan fingerprint density at radius 2 is 1.88 bits per heavy atom. The first kappa shape index (κ1) is 23.2. The second-order valence-corrected chi connectivity index (χ2v) is 9.87. The van der Waals surface area contributed by atoms with Gasteiger partial charge in [-0.25, -0.2) is 0 Å². The van der Waals surface area contributed by atoms with Gasteiger partial charge in [0.05, 0.1) is 13.2 Å². The first-order valence-electron chi connectivity index (χ1n) is 12.4. The highest BCUT2D eigenvalue weighted by atomic mass is 16.5. The van der Waals surface area contributed by atoms with Crippen molar-refractivity contribution in [3.05, 3.63) is 48.0 Å². The molecular weight excluding hydrogens is 398 g/mol. The van der Waals surface area contributed by atoms with Crippen molar-refractivity contribution >= 4 is 16.7 Å². The number of fused-ring (bicyclic) bond motifs is 1. The average Bonchev–Trinajstić information content (AvgIpc) is 2.81. The number of likely N-dealkylation sites (tertiary alicyclic amines) is 1. The van der Waals surface area contributed by atoms with Crippen LogP contribution >= 0.6 is 0 Å². The molecular formula is C27H39N3O2. The van der Waals surface area contributed by atoms with Gasteiger partial charge in [-0.05, 0) is 47.6 Å². The van der Waals surface area contributed by atoms with E-state index >= 15 is 0 Å². The van der Waals surface area contributed by atoms with Crippen molar-refractivity contribution in [2.45, 2.75) is 45.7 Å². The lowest BCUT2D eigenvalue weighted by atomic mass is 9.86. The smallest absolute Gasteiger partial charge is 0.220 e. The molecule has 2 aliphatic heterocycles. The summed E-state index contributed by atoms with van der Waals surface area (Å²) in [6.45, 7) is 12.3. The summed E-state index contributed by atoms with van der Waals surface area (Å²) in [5.41, 5.74) is 1.18. The Morgan fingerprint density at radius 3 is 2.69 bits per heavy atom. The van der Waals surface area contributed by atoms with Crippen molar-refractivity contribution in [3.63, 3.8) is 0 Å². The van der Waals surface area contributed by atoms with E-state index in [0.717, 1.165) is 45.8 Å². The standard InChI is InChI=1S/C27H39N3O2/c1-21(2)19-29-13-12-26(30-14-16-32-17-15-30)24(20-29)10-11-27(31)28-18-23-8-5-7-22-6-3-4-9-25(22)23/h3-9,21,24,26H,10-20H2,1-2H3,(H,28,31)/t24-,26+/m0/s1. The van der Waals surface area contributed by atoms with Crippen molar-refractivity contribution in [2.24, 2.45) is 11.8 Å². The van der Waals surface area contributed by atoms with Crippen LogP contribution in [0.15, 0.2) is 42.5 Å². The van der Waals surface area contributed by atoms with Gasteiger partial charge in [-0.3, -0.25) is 9.69 Å². The molecule has 0 saturated carbocycles. The van der Waals surface area contributed by atoms with E-state index in [4.69, 9.17) is 4.74 Å². The summed E-state index contributed by atoms with van der Waals surface area (Å²) < 4.78 is 5.59. The molecule has 0 unspecified atom stereocenters. The van der Waals surface area contributed by atoms with Crippen molar-refractivity contribution in [1.29, 1.82) is 0 Å². The highest BCUT2D eigenvalue weighted by Crippen LogP contribution is 2.27. The number of rotatable bonds is 8. The van der Waals surface area contributed by atoms with Crippen LogP contribution < -0.4 is 5.32 Å². The fourth-order valence-corrected chi connectivity index (χ4v) is 5.50. The summed E-state index contributed by atoms with van der Waals surface area (Å²) in [5, 5.41) is 5.63. The average molecular weight is 438 g/mol. The topological polar surface area (TPSA) is 44.8 Å². The maximum Gasteiger partial charge on any atom is 0.220 e. The lowest BCUT2D eigenvalue weighted by molar-refractivity contribution is -0.121. The number of nitrogens with zero attached hydrogens (tertiary/aromatic N) is 2. The molecule has 1 N–H and O–H groups in total. The quantitative estimate of drug-likeness (QED) is 0.680. The number of carbonyl (C=O) groups is 1. The maximum atomic E-state index is 12.8. The first-order valence-corrected chi connectivity index (χ1v) is 12.4. The van der Waals surface area contributed by atoms with Gasteiger partial charge in [0.25, 0.3) is 0 Å². The van der Waals surface area contributed by atoms with Gasteiger partial charge in [-0.15, -0.1) is 0 Å². The van der Waals surface area contributed by atoms with E-state index in [1.807, 2.05) is 0 Å². The number of morpholine rings is 1. The Hall–Kier alpha value is -1.95. The molecule has 0 bridgehead atoms. The number of piperidine rings is 1. The Balaban J connectivity index is 1.33. The van der Waals surface area contributed by atoms with Gasteiger partial charge in [0.1, 0.15) is 0 Å². The molecule has 5 nitrogen and oxygen atoms in total. The predicted molar refractivity (Wildman–Crippen MR) is 131 cm³/mol. The molecule has 0 aromatic heterocycles. The fourth-order valence-electron chi connectivity index (χ4n) is 5.50. The molecule has 2 saturated heterocycles. The van der Waals surface area contributed by atoms with E-state index < -0.39 is 0 Å². The van der Waals surface area contributed by atoms with Gasteiger partial charge in [0.2, 0.25) is 5.91 Å². The molecule has 2 aromatic carbocycles. The molecule has 174 valence electrons. The number of ether oxygens (including phenoxy) is 1. The molecule has 4 rings (SSSR count). The third kappa shape index (κ3) is 6.09. The highest BCUT2D eigenvalue weighted by Gasteiger charge is 2.34. The van der Waals surface area contributed by atoms with Crippen molar-refractivity contribution < 1.29 is 9.53 Å². The molecule has 5 heteroatoms. The van der Waals surface area contributed by atoms with Crippen LogP contribution in [0, 0.1) is 11.8 Å². The normalized spacial score (nSPS) is 23.0. The van der Waals surface area contributed by atoms with Gasteiger partial charge in [0.15, 0.2) is 0 Å². The third-order valence-corrected chi connectivity index (χ3v) is 7.01. The first-order chi connectivity index (χ1) is 15.6. The van der Waals surface area contributed by atoms with Gasteiger partial charge in [0, 0.05) is 45.2 Å². The number of amides is 1. The zero-order valence-corrected chi connectivity index (χ0v) is 19.8.